The molecule has 0 atom stereocenters. The molecule has 0 unspecified atom stereocenters. The molecule has 0 saturated carbocycles. The van der Waals surface area contributed by atoms with Crippen LogP contribution in [0.1, 0.15) is 0 Å². The molecule has 0 amide bonds. The van der Waals surface area contributed by atoms with E-state index in [1.807, 2.05) is 0 Å². The van der Waals surface area contributed by atoms with E-state index in [1.54, 1.807) is 12.1 Å². The number of nitrogens with two attached hydrogens (primary N) is 1. The second-order valence-electron chi connectivity index (χ2n) is 3.75. The van der Waals surface area contributed by atoms with Gasteiger partial charge in [0.05, 0.1) is 0 Å². The lowest BCUT2D eigenvalue weighted by Crippen LogP contribution is -2.25. The summed E-state index contributed by atoms with van der Waals surface area (Å²) in [5, 5.41) is 2.89. The number of alkyl halides is 2. The van der Waals surface area contributed by atoms with Gasteiger partial charge < -0.3 is 20.5 Å². The summed E-state index contributed by atoms with van der Waals surface area (Å²) in [6.45, 7) is 0. The van der Waals surface area contributed by atoms with Crippen LogP contribution in [-0.2, 0) is 0 Å². The van der Waals surface area contributed by atoms with Crippen LogP contribution in [0.25, 0.3) is 0 Å². The highest BCUT2D eigenvalue weighted by atomic mass is 19.3. The van der Waals surface area contributed by atoms with E-state index in [-0.39, 0.29) is 17.4 Å². The largest absolute Gasteiger partial charge is 0.586 e. The van der Waals surface area contributed by atoms with Crippen molar-refractivity contribution in [1.29, 1.82) is 0 Å². The van der Waals surface area contributed by atoms with E-state index in [1.165, 1.54) is 18.3 Å². The zero-order chi connectivity index (χ0) is 13.5. The molecule has 8 heteroatoms. The monoisotopic (exact) mass is 266 g/mol. The van der Waals surface area contributed by atoms with Crippen molar-refractivity contribution in [2.45, 2.75) is 6.29 Å². The van der Waals surface area contributed by atoms with Crippen molar-refractivity contribution in [2.75, 3.05) is 11.1 Å². The number of aromatic nitrogens is 2. The lowest BCUT2D eigenvalue weighted by atomic mass is 10.3. The number of rotatable bonds is 2. The summed E-state index contributed by atoms with van der Waals surface area (Å²) < 4.78 is 34.3. The molecule has 3 N–H and O–H groups in total. The minimum Gasteiger partial charge on any atom is -0.395 e. The lowest BCUT2D eigenvalue weighted by Gasteiger charge is -2.06. The number of hydrogen-bond donors (Lipinski definition) is 2. The van der Waals surface area contributed by atoms with E-state index < -0.39 is 6.29 Å². The van der Waals surface area contributed by atoms with Crippen LogP contribution in [0.2, 0.25) is 0 Å². The fraction of sp³-hybridized carbons (Fsp3) is 0.0909. The Labute approximate surface area is 106 Å². The molecule has 0 bridgehead atoms. The van der Waals surface area contributed by atoms with Gasteiger partial charge in [-0.05, 0) is 18.2 Å². The summed E-state index contributed by atoms with van der Waals surface area (Å²) in [5.74, 6) is 0.491. The summed E-state index contributed by atoms with van der Waals surface area (Å²) in [5.41, 5.74) is 5.94. The van der Waals surface area contributed by atoms with Gasteiger partial charge in [0, 0.05) is 18.0 Å². The molecule has 1 aromatic heterocycles. The predicted octanol–water partition coefficient (Wildman–Crippen LogP) is 2.12. The van der Waals surface area contributed by atoms with Crippen molar-refractivity contribution in [3.05, 3.63) is 30.5 Å². The smallest absolute Gasteiger partial charge is 0.395 e. The van der Waals surface area contributed by atoms with E-state index in [4.69, 9.17) is 5.73 Å². The molecule has 6 nitrogen and oxygen atoms in total. The van der Waals surface area contributed by atoms with Gasteiger partial charge in [-0.25, -0.2) is 4.98 Å². The van der Waals surface area contributed by atoms with E-state index in [9.17, 15) is 8.78 Å². The molecule has 0 fully saturated rings. The minimum atomic E-state index is -3.62. The molecule has 3 rings (SSSR count). The molecule has 1 aliphatic heterocycles. The summed E-state index contributed by atoms with van der Waals surface area (Å²) >= 11 is 0. The first kappa shape index (κ1) is 11.5. The van der Waals surface area contributed by atoms with E-state index in [2.05, 4.69) is 24.8 Å². The average molecular weight is 266 g/mol. The lowest BCUT2D eigenvalue weighted by molar-refractivity contribution is -0.286. The molecule has 0 radical (unpaired) electrons. The van der Waals surface area contributed by atoms with Crippen molar-refractivity contribution < 1.29 is 18.3 Å². The molecular formula is C11H8F2N4O2. The van der Waals surface area contributed by atoms with Gasteiger partial charge in [-0.2, -0.15) is 4.98 Å². The highest BCUT2D eigenvalue weighted by molar-refractivity contribution is 5.62. The number of anilines is 3. The fourth-order valence-corrected chi connectivity index (χ4v) is 1.62. The van der Waals surface area contributed by atoms with Crippen LogP contribution in [0.5, 0.6) is 11.5 Å². The van der Waals surface area contributed by atoms with Gasteiger partial charge in [-0.3, -0.25) is 0 Å². The van der Waals surface area contributed by atoms with Gasteiger partial charge in [0.25, 0.3) is 0 Å². The second-order valence-corrected chi connectivity index (χ2v) is 3.75. The fourth-order valence-electron chi connectivity index (χ4n) is 1.62. The van der Waals surface area contributed by atoms with Crippen LogP contribution in [-0.4, -0.2) is 16.3 Å². The van der Waals surface area contributed by atoms with Gasteiger partial charge in [0.1, 0.15) is 5.82 Å². The molecule has 1 aliphatic rings. The minimum absolute atomic E-state index is 0.0160. The Balaban J connectivity index is 1.85. The van der Waals surface area contributed by atoms with Crippen molar-refractivity contribution >= 4 is 17.5 Å². The first-order valence-corrected chi connectivity index (χ1v) is 5.27. The second kappa shape index (κ2) is 3.94. The predicted molar refractivity (Wildman–Crippen MR) is 62.4 cm³/mol. The number of nitrogens with zero attached hydrogens (tertiary/aromatic N) is 2. The first-order chi connectivity index (χ1) is 9.02. The molecule has 0 saturated heterocycles. The van der Waals surface area contributed by atoms with Crippen molar-refractivity contribution in [2.24, 2.45) is 0 Å². The standard InChI is InChI=1S/C11H8F2N4O2/c12-11(13)18-7-2-1-6(5-8(7)19-11)16-9-3-4-15-10(14)17-9/h1-5H,(H3,14,15,16,17). The Kier molecular flexibility index (Phi) is 2.37. The van der Waals surface area contributed by atoms with Crippen molar-refractivity contribution in [1.82, 2.24) is 9.97 Å². The van der Waals surface area contributed by atoms with Crippen LogP contribution >= 0.6 is 0 Å². The van der Waals surface area contributed by atoms with E-state index in [0.29, 0.717) is 11.5 Å². The molecule has 0 spiro atoms. The zero-order valence-corrected chi connectivity index (χ0v) is 9.43. The Morgan fingerprint density at radius 3 is 2.74 bits per heavy atom. The Morgan fingerprint density at radius 1 is 1.16 bits per heavy atom. The highest BCUT2D eigenvalue weighted by Crippen LogP contribution is 2.42. The SMILES string of the molecule is Nc1nccc(Nc2ccc3c(c2)OC(F)(F)O3)n1. The average Bonchev–Trinajstić information content (AvgIpc) is 2.62. The third-order valence-electron chi connectivity index (χ3n) is 2.35. The Hall–Kier alpha value is -2.64. The van der Waals surface area contributed by atoms with Crippen LogP contribution < -0.4 is 20.5 Å². The van der Waals surface area contributed by atoms with Gasteiger partial charge in [0.15, 0.2) is 11.5 Å². The van der Waals surface area contributed by atoms with E-state index >= 15 is 0 Å². The number of nitrogens with one attached hydrogen (secondary N) is 1. The molecule has 2 aromatic rings. The van der Waals surface area contributed by atoms with E-state index in [0.717, 1.165) is 0 Å². The molecular weight excluding hydrogens is 258 g/mol. The van der Waals surface area contributed by atoms with Gasteiger partial charge >= 0.3 is 6.29 Å². The third-order valence-corrected chi connectivity index (χ3v) is 2.35. The zero-order valence-electron chi connectivity index (χ0n) is 9.43. The topological polar surface area (TPSA) is 82.3 Å². The first-order valence-electron chi connectivity index (χ1n) is 5.27. The maximum Gasteiger partial charge on any atom is 0.586 e. The molecule has 1 aromatic carbocycles. The molecule has 19 heavy (non-hydrogen) atoms. The number of benzene rings is 1. The van der Waals surface area contributed by atoms with Gasteiger partial charge in [-0.1, -0.05) is 0 Å². The van der Waals surface area contributed by atoms with Crippen LogP contribution in [0.4, 0.5) is 26.2 Å². The maximum absolute atomic E-state index is 12.8. The highest BCUT2D eigenvalue weighted by Gasteiger charge is 2.43. The van der Waals surface area contributed by atoms with Crippen LogP contribution in [0.3, 0.4) is 0 Å². The summed E-state index contributed by atoms with van der Waals surface area (Å²) in [7, 11) is 0. The Morgan fingerprint density at radius 2 is 1.95 bits per heavy atom. The van der Waals surface area contributed by atoms with Gasteiger partial charge in [0.2, 0.25) is 5.95 Å². The molecule has 98 valence electrons. The molecule has 0 aliphatic carbocycles. The summed E-state index contributed by atoms with van der Waals surface area (Å²) in [6, 6.07) is 5.91. The van der Waals surface area contributed by atoms with Crippen molar-refractivity contribution in [3.63, 3.8) is 0 Å². The quantitative estimate of drug-likeness (QED) is 0.866. The number of hydrogen-bond acceptors (Lipinski definition) is 6. The normalized spacial score (nSPS) is 15.3. The maximum atomic E-state index is 12.8. The third kappa shape index (κ3) is 2.32. The number of fused-ring (bicyclic) bond motifs is 1. The van der Waals surface area contributed by atoms with Gasteiger partial charge in [-0.15, -0.1) is 8.78 Å². The van der Waals surface area contributed by atoms with Crippen molar-refractivity contribution in [3.8, 4) is 11.5 Å². The number of halogens is 2. The summed E-state index contributed by atoms with van der Waals surface area (Å²) in [4.78, 5) is 7.67. The Bertz CT molecular complexity index is 636. The summed E-state index contributed by atoms with van der Waals surface area (Å²) in [6.07, 6.45) is -2.15. The molecule has 2 heterocycles. The van der Waals surface area contributed by atoms with Crippen LogP contribution in [0, 0.1) is 0 Å². The number of nitrogen functional groups attached to an aromatic ring is 1. The van der Waals surface area contributed by atoms with Crippen LogP contribution in [0.15, 0.2) is 30.5 Å². The number of ether oxygens (including phenoxy) is 2.